The maximum atomic E-state index is 12.8. The van der Waals surface area contributed by atoms with Gasteiger partial charge < -0.3 is 10.2 Å². The van der Waals surface area contributed by atoms with Gasteiger partial charge >= 0.3 is 5.97 Å². The van der Waals surface area contributed by atoms with E-state index in [0.29, 0.717) is 6.42 Å². The number of hydrogen-bond donors (Lipinski definition) is 2. The molecular weight excluding hydrogens is 428 g/mol. The van der Waals surface area contributed by atoms with Crippen molar-refractivity contribution in [2.75, 3.05) is 7.11 Å². The number of aromatic hydroxyl groups is 2. The lowest BCUT2D eigenvalue weighted by molar-refractivity contribution is -0.216. The summed E-state index contributed by atoms with van der Waals surface area (Å²) in [6.07, 6.45) is 19.2. The third kappa shape index (κ3) is 10.2. The van der Waals surface area contributed by atoms with E-state index in [0.717, 1.165) is 74.5 Å². The van der Waals surface area contributed by atoms with Crippen LogP contribution >= 0.6 is 0 Å². The van der Waals surface area contributed by atoms with Crippen LogP contribution < -0.4 is 0 Å². The number of hydrogen-bond acceptors (Lipinski definition) is 5. The van der Waals surface area contributed by atoms with Crippen molar-refractivity contribution in [3.63, 3.8) is 0 Å². The third-order valence-corrected chi connectivity index (χ3v) is 6.73. The molecule has 0 aliphatic carbocycles. The highest BCUT2D eigenvalue weighted by Crippen LogP contribution is 2.41. The maximum Gasteiger partial charge on any atom is 0.377 e. The zero-order valence-electron chi connectivity index (χ0n) is 22.3. The van der Waals surface area contributed by atoms with Gasteiger partial charge in [0, 0.05) is 5.56 Å². The van der Waals surface area contributed by atoms with Gasteiger partial charge in [-0.25, -0.2) is 4.79 Å². The van der Waals surface area contributed by atoms with E-state index < -0.39 is 5.97 Å². The average molecular weight is 479 g/mol. The maximum absolute atomic E-state index is 12.8. The van der Waals surface area contributed by atoms with E-state index in [4.69, 9.17) is 4.89 Å². The molecule has 34 heavy (non-hydrogen) atoms. The molecule has 0 atom stereocenters. The SMILES string of the molecule is CCCCCCCc1c(O)c(O)c(C(=O)OOC)c(CCCCCCC)c1CCCCCCC. The minimum atomic E-state index is -0.736. The van der Waals surface area contributed by atoms with Crippen molar-refractivity contribution in [2.45, 2.75) is 136 Å². The fraction of sp³-hybridized carbons (Fsp3) is 0.759. The van der Waals surface area contributed by atoms with Gasteiger partial charge in [0.05, 0.1) is 7.11 Å². The largest absolute Gasteiger partial charge is 0.504 e. The summed E-state index contributed by atoms with van der Waals surface area (Å²) >= 11 is 0. The summed E-state index contributed by atoms with van der Waals surface area (Å²) in [6.45, 7) is 6.60. The molecule has 0 heterocycles. The highest BCUT2D eigenvalue weighted by Gasteiger charge is 2.28. The van der Waals surface area contributed by atoms with E-state index in [1.807, 2.05) is 0 Å². The predicted octanol–water partition coefficient (Wildman–Crippen LogP) is 8.35. The molecule has 0 aliphatic heterocycles. The molecule has 0 saturated carbocycles. The van der Waals surface area contributed by atoms with Gasteiger partial charge in [0.1, 0.15) is 5.56 Å². The standard InChI is InChI=1S/C29H50O5/c1-5-8-11-14-17-20-23-24(21-18-15-12-9-6-2)26(29(32)34-33-4)28(31)27(30)25(23)22-19-16-13-10-7-3/h30-31H,5-22H2,1-4H3. The first-order valence-corrected chi connectivity index (χ1v) is 13.9. The number of phenolic OH excluding ortho intramolecular Hbond substituents is 2. The Labute approximate surface area is 208 Å². The van der Waals surface area contributed by atoms with Crippen LogP contribution in [0.1, 0.15) is 144 Å². The van der Waals surface area contributed by atoms with Crippen LogP contribution in [-0.4, -0.2) is 23.3 Å². The van der Waals surface area contributed by atoms with Gasteiger partial charge in [-0.15, -0.1) is 0 Å². The van der Waals surface area contributed by atoms with Crippen molar-refractivity contribution < 1.29 is 24.8 Å². The van der Waals surface area contributed by atoms with Crippen molar-refractivity contribution >= 4 is 5.97 Å². The molecule has 0 aliphatic rings. The van der Waals surface area contributed by atoms with E-state index in [2.05, 4.69) is 25.7 Å². The Morgan fingerprint density at radius 2 is 1.00 bits per heavy atom. The van der Waals surface area contributed by atoms with Crippen molar-refractivity contribution in [3.05, 3.63) is 22.3 Å². The lowest BCUT2D eigenvalue weighted by Crippen LogP contribution is -2.13. The Morgan fingerprint density at radius 3 is 1.44 bits per heavy atom. The second kappa shape index (κ2) is 18.6. The van der Waals surface area contributed by atoms with Crippen LogP contribution in [0.15, 0.2) is 0 Å². The minimum absolute atomic E-state index is 0.0770. The number of phenols is 2. The average Bonchev–Trinajstić information content (AvgIpc) is 2.82. The van der Waals surface area contributed by atoms with E-state index in [1.54, 1.807) is 0 Å². The molecule has 196 valence electrons. The topological polar surface area (TPSA) is 76.0 Å². The quantitative estimate of drug-likeness (QED) is 0.0852. The van der Waals surface area contributed by atoms with E-state index in [-0.39, 0.29) is 17.1 Å². The van der Waals surface area contributed by atoms with Crippen LogP contribution in [0.25, 0.3) is 0 Å². The fourth-order valence-corrected chi connectivity index (χ4v) is 4.78. The molecule has 0 spiro atoms. The molecule has 0 bridgehead atoms. The van der Waals surface area contributed by atoms with Gasteiger partial charge in [-0.05, 0) is 49.7 Å². The monoisotopic (exact) mass is 478 g/mol. The zero-order chi connectivity index (χ0) is 25.2. The van der Waals surface area contributed by atoms with Gasteiger partial charge in [0.2, 0.25) is 0 Å². The van der Waals surface area contributed by atoms with Crippen molar-refractivity contribution in [2.24, 2.45) is 0 Å². The smallest absolute Gasteiger partial charge is 0.377 e. The highest BCUT2D eigenvalue weighted by atomic mass is 17.2. The molecule has 0 fully saturated rings. The Balaban J connectivity index is 3.31. The second-order valence-corrected chi connectivity index (χ2v) is 9.54. The molecular formula is C29H50O5. The van der Waals surface area contributed by atoms with E-state index in [1.165, 1.54) is 58.5 Å². The van der Waals surface area contributed by atoms with Crippen LogP contribution in [0.5, 0.6) is 11.5 Å². The number of carbonyl (C=O) groups excluding carboxylic acids is 1. The summed E-state index contributed by atoms with van der Waals surface area (Å²) in [5.74, 6) is -1.25. The van der Waals surface area contributed by atoms with Crippen molar-refractivity contribution in [3.8, 4) is 11.5 Å². The van der Waals surface area contributed by atoms with Crippen LogP contribution in [-0.2, 0) is 29.0 Å². The van der Waals surface area contributed by atoms with Crippen molar-refractivity contribution in [1.82, 2.24) is 0 Å². The number of carbonyl (C=O) groups is 1. The molecule has 1 aromatic carbocycles. The third-order valence-electron chi connectivity index (χ3n) is 6.73. The molecule has 0 amide bonds. The van der Waals surface area contributed by atoms with Crippen LogP contribution in [0.3, 0.4) is 0 Å². The fourth-order valence-electron chi connectivity index (χ4n) is 4.78. The minimum Gasteiger partial charge on any atom is -0.504 e. The van der Waals surface area contributed by atoms with Gasteiger partial charge in [-0.2, -0.15) is 4.89 Å². The summed E-state index contributed by atoms with van der Waals surface area (Å²) < 4.78 is 0. The molecule has 0 radical (unpaired) electrons. The zero-order valence-corrected chi connectivity index (χ0v) is 22.3. The Hall–Kier alpha value is -1.75. The molecule has 0 saturated heterocycles. The van der Waals surface area contributed by atoms with Gasteiger partial charge in [0.25, 0.3) is 0 Å². The summed E-state index contributed by atoms with van der Waals surface area (Å²) in [6, 6.07) is 0. The first-order chi connectivity index (χ1) is 16.5. The first kappa shape index (κ1) is 30.3. The Bertz CT molecular complexity index is 698. The molecule has 5 nitrogen and oxygen atoms in total. The van der Waals surface area contributed by atoms with Gasteiger partial charge in [-0.1, -0.05) is 97.8 Å². The molecule has 1 rings (SSSR count). The Kier molecular flexibility index (Phi) is 16.5. The lowest BCUT2D eigenvalue weighted by atomic mass is 9.85. The van der Waals surface area contributed by atoms with Gasteiger partial charge in [0.15, 0.2) is 11.5 Å². The van der Waals surface area contributed by atoms with Crippen LogP contribution in [0.4, 0.5) is 0 Å². The molecule has 5 heteroatoms. The number of benzene rings is 1. The Morgan fingerprint density at radius 1 is 0.588 bits per heavy atom. The number of unbranched alkanes of at least 4 members (excludes halogenated alkanes) is 12. The normalized spacial score (nSPS) is 11.2. The van der Waals surface area contributed by atoms with E-state index in [9.17, 15) is 15.0 Å². The highest BCUT2D eigenvalue weighted by molar-refractivity contribution is 5.95. The van der Waals surface area contributed by atoms with E-state index >= 15 is 0 Å². The number of rotatable bonds is 20. The summed E-state index contributed by atoms with van der Waals surface area (Å²) in [5.41, 5.74) is 2.78. The van der Waals surface area contributed by atoms with Crippen LogP contribution in [0.2, 0.25) is 0 Å². The molecule has 2 N–H and O–H groups in total. The van der Waals surface area contributed by atoms with Gasteiger partial charge in [-0.3, -0.25) is 4.89 Å². The molecule has 1 aromatic rings. The summed E-state index contributed by atoms with van der Waals surface area (Å²) in [5, 5.41) is 21.9. The molecule has 0 aromatic heterocycles. The predicted molar refractivity (Wildman–Crippen MR) is 140 cm³/mol. The van der Waals surface area contributed by atoms with Crippen LogP contribution in [0, 0.1) is 0 Å². The van der Waals surface area contributed by atoms with Crippen molar-refractivity contribution in [1.29, 1.82) is 0 Å². The second-order valence-electron chi connectivity index (χ2n) is 9.54. The molecule has 0 unspecified atom stereocenters. The summed E-state index contributed by atoms with van der Waals surface area (Å²) in [7, 11) is 1.28. The summed E-state index contributed by atoms with van der Waals surface area (Å²) in [4.78, 5) is 22.2. The lowest BCUT2D eigenvalue weighted by Gasteiger charge is -2.21. The first-order valence-electron chi connectivity index (χ1n) is 13.9.